The molecule has 1 unspecified atom stereocenters. The lowest BCUT2D eigenvalue weighted by Gasteiger charge is -2.29. The third-order valence-electron chi connectivity index (χ3n) is 4.47. The Morgan fingerprint density at radius 3 is 2.68 bits per heavy atom. The van der Waals surface area contributed by atoms with Crippen LogP contribution in [0.25, 0.3) is 4.96 Å². The molecule has 2 aromatic heterocycles. The van der Waals surface area contributed by atoms with Gasteiger partial charge in [-0.3, -0.25) is 4.90 Å². The van der Waals surface area contributed by atoms with E-state index in [4.69, 9.17) is 4.74 Å². The lowest BCUT2D eigenvalue weighted by atomic mass is 10.0. The zero-order valence-electron chi connectivity index (χ0n) is 14.4. The summed E-state index contributed by atoms with van der Waals surface area (Å²) in [5.41, 5.74) is 1.08. The molecule has 1 atom stereocenters. The van der Waals surface area contributed by atoms with Crippen LogP contribution in [0.15, 0.2) is 30.6 Å². The molecule has 1 aliphatic rings. The molecule has 1 aliphatic heterocycles. The first kappa shape index (κ1) is 16.4. The van der Waals surface area contributed by atoms with Crippen LogP contribution in [0.2, 0.25) is 0 Å². The molecule has 6 nitrogen and oxygen atoms in total. The van der Waals surface area contributed by atoms with Crippen molar-refractivity contribution in [3.8, 4) is 11.6 Å². The van der Waals surface area contributed by atoms with E-state index in [1.54, 1.807) is 0 Å². The van der Waals surface area contributed by atoms with E-state index >= 15 is 0 Å². The quantitative estimate of drug-likeness (QED) is 0.757. The first-order valence-corrected chi connectivity index (χ1v) is 9.48. The number of aromatic nitrogens is 3. The number of rotatable bonds is 5. The minimum absolute atomic E-state index is 0.0500. The molecule has 0 radical (unpaired) electrons. The Hall–Kier alpha value is -2.12. The number of nitrogens with zero attached hydrogens (tertiary/aromatic N) is 4. The summed E-state index contributed by atoms with van der Waals surface area (Å²) in [4.78, 5) is 8.22. The SMILES string of the molecule is CC(C)Oc1ccccc1C(c1sc2ncnn2c1O)N1CCCC1. The van der Waals surface area contributed by atoms with Gasteiger partial charge in [0.05, 0.1) is 17.0 Å². The number of aromatic hydroxyl groups is 1. The van der Waals surface area contributed by atoms with E-state index in [1.165, 1.54) is 35.0 Å². The number of hydrogen-bond donors (Lipinski definition) is 1. The summed E-state index contributed by atoms with van der Waals surface area (Å²) in [6, 6.07) is 8.07. The molecule has 132 valence electrons. The predicted octanol–water partition coefficient (Wildman–Crippen LogP) is 3.47. The van der Waals surface area contributed by atoms with E-state index in [0.717, 1.165) is 29.3 Å². The van der Waals surface area contributed by atoms with Gasteiger partial charge in [0, 0.05) is 5.56 Å². The van der Waals surface area contributed by atoms with Gasteiger partial charge in [0.2, 0.25) is 10.8 Å². The number of thiazole rings is 1. The fraction of sp³-hybridized carbons (Fsp3) is 0.444. The van der Waals surface area contributed by atoms with E-state index in [2.05, 4.69) is 21.0 Å². The lowest BCUT2D eigenvalue weighted by Crippen LogP contribution is -2.27. The fourth-order valence-corrected chi connectivity index (χ4v) is 4.53. The molecule has 1 saturated heterocycles. The molecule has 7 heteroatoms. The van der Waals surface area contributed by atoms with Crippen molar-refractivity contribution in [3.63, 3.8) is 0 Å². The van der Waals surface area contributed by atoms with Crippen molar-refractivity contribution in [3.05, 3.63) is 41.0 Å². The van der Waals surface area contributed by atoms with Crippen LogP contribution >= 0.6 is 11.3 Å². The molecule has 0 spiro atoms. The molecular weight excluding hydrogens is 336 g/mol. The van der Waals surface area contributed by atoms with Crippen molar-refractivity contribution < 1.29 is 9.84 Å². The fourth-order valence-electron chi connectivity index (χ4n) is 3.44. The van der Waals surface area contributed by atoms with Crippen LogP contribution in [0.4, 0.5) is 0 Å². The molecule has 25 heavy (non-hydrogen) atoms. The van der Waals surface area contributed by atoms with Gasteiger partial charge in [-0.15, -0.1) is 0 Å². The second-order valence-corrected chi connectivity index (χ2v) is 7.60. The molecule has 0 bridgehead atoms. The van der Waals surface area contributed by atoms with Gasteiger partial charge in [0.15, 0.2) is 0 Å². The first-order chi connectivity index (χ1) is 12.1. The average molecular weight is 358 g/mol. The number of para-hydroxylation sites is 1. The molecular formula is C18H22N4O2S. The standard InChI is InChI=1S/C18H22N4O2S/c1-12(2)24-14-8-4-3-7-13(14)15(21-9-5-6-10-21)16-17(23)22-18(25-16)19-11-20-22/h3-4,7-8,11-12,15,23H,5-6,9-10H2,1-2H3. The Kier molecular flexibility index (Phi) is 4.35. The maximum absolute atomic E-state index is 10.7. The van der Waals surface area contributed by atoms with Crippen LogP contribution in [0.1, 0.15) is 43.2 Å². The molecule has 1 fully saturated rings. The number of hydrogen-bond acceptors (Lipinski definition) is 6. The highest BCUT2D eigenvalue weighted by molar-refractivity contribution is 7.17. The van der Waals surface area contributed by atoms with Crippen molar-refractivity contribution in [2.24, 2.45) is 0 Å². The Labute approximate surface area is 150 Å². The van der Waals surface area contributed by atoms with E-state index < -0.39 is 0 Å². The molecule has 0 saturated carbocycles. The highest BCUT2D eigenvalue weighted by Gasteiger charge is 2.32. The summed E-state index contributed by atoms with van der Waals surface area (Å²) in [6.45, 7) is 6.08. The van der Waals surface area contributed by atoms with Crippen molar-refractivity contribution in [1.29, 1.82) is 0 Å². The van der Waals surface area contributed by atoms with Crippen LogP contribution in [-0.4, -0.2) is 43.8 Å². The van der Waals surface area contributed by atoms with Gasteiger partial charge < -0.3 is 9.84 Å². The number of benzene rings is 1. The highest BCUT2D eigenvalue weighted by atomic mass is 32.1. The van der Waals surface area contributed by atoms with Gasteiger partial charge in [0.1, 0.15) is 12.1 Å². The van der Waals surface area contributed by atoms with Gasteiger partial charge >= 0.3 is 0 Å². The van der Waals surface area contributed by atoms with E-state index in [9.17, 15) is 5.11 Å². The van der Waals surface area contributed by atoms with Gasteiger partial charge in [-0.2, -0.15) is 9.61 Å². The van der Waals surface area contributed by atoms with E-state index in [-0.39, 0.29) is 18.0 Å². The highest BCUT2D eigenvalue weighted by Crippen LogP contribution is 2.43. The van der Waals surface area contributed by atoms with Crippen molar-refractivity contribution in [2.45, 2.75) is 38.8 Å². The minimum Gasteiger partial charge on any atom is -0.492 e. The minimum atomic E-state index is -0.0500. The monoisotopic (exact) mass is 358 g/mol. The topological polar surface area (TPSA) is 62.9 Å². The Bertz CT molecular complexity index is 867. The third-order valence-corrected chi connectivity index (χ3v) is 5.56. The van der Waals surface area contributed by atoms with E-state index in [1.807, 2.05) is 32.0 Å². The molecule has 1 aromatic carbocycles. The largest absolute Gasteiger partial charge is 0.492 e. The summed E-state index contributed by atoms with van der Waals surface area (Å²) >= 11 is 1.49. The van der Waals surface area contributed by atoms with Crippen LogP contribution in [0.3, 0.4) is 0 Å². The van der Waals surface area contributed by atoms with E-state index in [0.29, 0.717) is 4.96 Å². The van der Waals surface area contributed by atoms with Gasteiger partial charge in [-0.1, -0.05) is 29.5 Å². The molecule has 1 N–H and O–H groups in total. The zero-order valence-corrected chi connectivity index (χ0v) is 15.2. The smallest absolute Gasteiger partial charge is 0.230 e. The Morgan fingerprint density at radius 1 is 1.20 bits per heavy atom. The lowest BCUT2D eigenvalue weighted by molar-refractivity contribution is 0.225. The van der Waals surface area contributed by atoms with Crippen LogP contribution < -0.4 is 4.74 Å². The maximum Gasteiger partial charge on any atom is 0.230 e. The van der Waals surface area contributed by atoms with Gasteiger partial charge in [-0.25, -0.2) is 4.98 Å². The average Bonchev–Trinajstić information content (AvgIpc) is 3.30. The summed E-state index contributed by atoms with van der Waals surface area (Å²) < 4.78 is 7.57. The second kappa shape index (κ2) is 6.65. The van der Waals surface area contributed by atoms with Crippen LogP contribution in [0.5, 0.6) is 11.6 Å². The summed E-state index contributed by atoms with van der Waals surface area (Å²) in [6.07, 6.45) is 3.91. The molecule has 3 aromatic rings. The second-order valence-electron chi connectivity index (χ2n) is 6.59. The van der Waals surface area contributed by atoms with Crippen LogP contribution in [0, 0.1) is 0 Å². The maximum atomic E-state index is 10.7. The summed E-state index contributed by atoms with van der Waals surface area (Å²) in [5.74, 6) is 1.04. The number of ether oxygens (including phenoxy) is 1. The molecule has 4 rings (SSSR count). The zero-order chi connectivity index (χ0) is 17.4. The summed E-state index contributed by atoms with van der Waals surface area (Å²) in [5, 5.41) is 14.9. The van der Waals surface area contributed by atoms with Crippen molar-refractivity contribution >= 4 is 16.3 Å². The predicted molar refractivity (Wildman–Crippen MR) is 97.4 cm³/mol. The summed E-state index contributed by atoms with van der Waals surface area (Å²) in [7, 11) is 0. The number of likely N-dealkylation sites (tertiary alicyclic amines) is 1. The van der Waals surface area contributed by atoms with Crippen LogP contribution in [-0.2, 0) is 0 Å². The third kappa shape index (κ3) is 2.98. The van der Waals surface area contributed by atoms with Crippen molar-refractivity contribution in [1.82, 2.24) is 19.5 Å². The van der Waals surface area contributed by atoms with Crippen molar-refractivity contribution in [2.75, 3.05) is 13.1 Å². The number of fused-ring (bicyclic) bond motifs is 1. The molecule has 0 amide bonds. The molecule has 0 aliphatic carbocycles. The Morgan fingerprint density at radius 2 is 1.96 bits per heavy atom. The normalized spacial score (nSPS) is 16.8. The molecule has 3 heterocycles. The van der Waals surface area contributed by atoms with Gasteiger partial charge in [-0.05, 0) is 45.8 Å². The first-order valence-electron chi connectivity index (χ1n) is 8.66. The Balaban J connectivity index is 1.85. The van der Waals surface area contributed by atoms with Gasteiger partial charge in [0.25, 0.3) is 0 Å².